The highest BCUT2D eigenvalue weighted by Gasteiger charge is 2.38. The fourth-order valence-electron chi connectivity index (χ4n) is 0.595. The molecule has 0 aromatic carbocycles. The number of nitrogens with one attached hydrogen (secondary N) is 1. The second kappa shape index (κ2) is 6.54. The highest BCUT2D eigenvalue weighted by atomic mass is 32.2. The zero-order valence-electron chi connectivity index (χ0n) is 7.60. The quantitative estimate of drug-likeness (QED) is 0.642. The number of halogens is 3. The summed E-state index contributed by atoms with van der Waals surface area (Å²) in [7, 11) is 0. The highest BCUT2D eigenvalue weighted by molar-refractivity contribution is 7.99. The Kier molecular flexibility index (Phi) is 6.14. The summed E-state index contributed by atoms with van der Waals surface area (Å²) in [6, 6.07) is 0. The van der Waals surface area contributed by atoms with Crippen molar-refractivity contribution in [2.24, 2.45) is 0 Å². The first-order valence-electron chi connectivity index (χ1n) is 3.96. The van der Waals surface area contributed by atoms with E-state index in [1.54, 1.807) is 5.32 Å². The van der Waals surface area contributed by atoms with Crippen molar-refractivity contribution >= 4 is 23.6 Å². The minimum Gasteiger partial charge on any atom is -0.550 e. The normalized spacial score (nSPS) is 11.1. The Labute approximate surface area is 88.2 Å². The van der Waals surface area contributed by atoms with Gasteiger partial charge in [0, 0.05) is 18.3 Å². The summed E-state index contributed by atoms with van der Waals surface area (Å²) in [5.74, 6) is -2.70. The van der Waals surface area contributed by atoms with Crippen LogP contribution in [-0.2, 0) is 9.59 Å². The van der Waals surface area contributed by atoms with Crippen molar-refractivity contribution in [1.82, 2.24) is 5.32 Å². The van der Waals surface area contributed by atoms with Crippen LogP contribution in [0.3, 0.4) is 0 Å². The first-order valence-corrected chi connectivity index (χ1v) is 5.12. The van der Waals surface area contributed by atoms with Crippen molar-refractivity contribution in [3.63, 3.8) is 0 Å². The van der Waals surface area contributed by atoms with E-state index in [-0.39, 0.29) is 24.5 Å². The Morgan fingerprint density at radius 3 is 2.33 bits per heavy atom. The van der Waals surface area contributed by atoms with Crippen LogP contribution in [0.1, 0.15) is 6.42 Å². The van der Waals surface area contributed by atoms with Gasteiger partial charge in [-0.15, -0.1) is 0 Å². The lowest BCUT2D eigenvalue weighted by Crippen LogP contribution is -2.37. The molecule has 1 N–H and O–H groups in total. The maximum absolute atomic E-state index is 11.6. The monoisotopic (exact) mass is 244 g/mol. The molecule has 0 aliphatic heterocycles. The molecule has 15 heavy (non-hydrogen) atoms. The van der Waals surface area contributed by atoms with E-state index in [4.69, 9.17) is 0 Å². The number of hydrogen-bond donors (Lipinski definition) is 1. The molecular weight excluding hydrogens is 235 g/mol. The molecule has 8 heteroatoms. The van der Waals surface area contributed by atoms with Crippen LogP contribution < -0.4 is 10.4 Å². The smallest absolute Gasteiger partial charge is 0.471 e. The number of aliphatic carboxylic acids is 1. The van der Waals surface area contributed by atoms with Crippen LogP contribution in [-0.4, -0.2) is 36.1 Å². The molecule has 0 fully saturated rings. The second-order valence-corrected chi connectivity index (χ2v) is 3.71. The molecule has 0 aromatic heterocycles. The fraction of sp³-hybridized carbons (Fsp3) is 0.714. The van der Waals surface area contributed by atoms with Crippen LogP contribution in [0, 0.1) is 0 Å². The molecule has 0 saturated carbocycles. The maximum atomic E-state index is 11.6. The molecule has 0 rings (SSSR count). The van der Waals surface area contributed by atoms with Crippen LogP contribution in [0.4, 0.5) is 13.2 Å². The summed E-state index contributed by atoms with van der Waals surface area (Å²) in [6.45, 7) is -0.143. The molecule has 88 valence electrons. The molecule has 0 aliphatic rings. The number of rotatable bonds is 6. The summed E-state index contributed by atoms with van der Waals surface area (Å²) < 4.78 is 34.9. The van der Waals surface area contributed by atoms with Crippen molar-refractivity contribution in [3.05, 3.63) is 0 Å². The van der Waals surface area contributed by atoms with Crippen LogP contribution in [0.15, 0.2) is 0 Å². The summed E-state index contributed by atoms with van der Waals surface area (Å²) >= 11 is 1.13. The van der Waals surface area contributed by atoms with Gasteiger partial charge in [0.25, 0.3) is 0 Å². The number of carboxylic acids is 1. The Morgan fingerprint density at radius 2 is 1.87 bits per heavy atom. The van der Waals surface area contributed by atoms with Gasteiger partial charge in [0.2, 0.25) is 0 Å². The number of carbonyl (C=O) groups excluding carboxylic acids is 2. The Morgan fingerprint density at radius 1 is 1.27 bits per heavy atom. The molecule has 0 bridgehead atoms. The van der Waals surface area contributed by atoms with Gasteiger partial charge in [0.1, 0.15) is 0 Å². The summed E-state index contributed by atoms with van der Waals surface area (Å²) in [4.78, 5) is 20.2. The summed E-state index contributed by atoms with van der Waals surface area (Å²) in [5.41, 5.74) is 0. The average Bonchev–Trinajstić information content (AvgIpc) is 2.08. The predicted molar refractivity (Wildman–Crippen MR) is 46.0 cm³/mol. The van der Waals surface area contributed by atoms with Crippen LogP contribution in [0.25, 0.3) is 0 Å². The number of carboxylic acid groups (broad SMARTS) is 1. The maximum Gasteiger partial charge on any atom is 0.471 e. The number of hydrogen-bond acceptors (Lipinski definition) is 4. The van der Waals surface area contributed by atoms with Gasteiger partial charge in [0.05, 0.1) is 0 Å². The number of amides is 1. The van der Waals surface area contributed by atoms with Crippen LogP contribution in [0.5, 0.6) is 0 Å². The third kappa shape index (κ3) is 8.10. The standard InChI is InChI=1S/C7H10F3NO3S/c8-7(9,10)6(14)11-2-4-15-3-1-5(12)13/h1-4H2,(H,11,14)(H,12,13)/p-1. The average molecular weight is 244 g/mol. The molecule has 0 saturated heterocycles. The van der Waals surface area contributed by atoms with E-state index in [1.807, 2.05) is 0 Å². The van der Waals surface area contributed by atoms with E-state index < -0.39 is 18.1 Å². The van der Waals surface area contributed by atoms with Crippen molar-refractivity contribution in [1.29, 1.82) is 0 Å². The van der Waals surface area contributed by atoms with Gasteiger partial charge in [-0.25, -0.2) is 0 Å². The van der Waals surface area contributed by atoms with Gasteiger partial charge in [-0.3, -0.25) is 4.79 Å². The zero-order valence-corrected chi connectivity index (χ0v) is 8.41. The molecule has 4 nitrogen and oxygen atoms in total. The van der Waals surface area contributed by atoms with Crippen LogP contribution >= 0.6 is 11.8 Å². The third-order valence-electron chi connectivity index (χ3n) is 1.24. The van der Waals surface area contributed by atoms with Crippen molar-refractivity contribution < 1.29 is 27.9 Å². The zero-order chi connectivity index (χ0) is 11.9. The molecule has 0 aromatic rings. The van der Waals surface area contributed by atoms with Gasteiger partial charge in [-0.05, 0) is 12.2 Å². The van der Waals surface area contributed by atoms with E-state index >= 15 is 0 Å². The lowest BCUT2D eigenvalue weighted by molar-refractivity contribution is -0.305. The van der Waals surface area contributed by atoms with E-state index in [2.05, 4.69) is 0 Å². The second-order valence-electron chi connectivity index (χ2n) is 2.49. The van der Waals surface area contributed by atoms with Gasteiger partial charge in [-0.1, -0.05) is 0 Å². The van der Waals surface area contributed by atoms with Crippen molar-refractivity contribution in [3.8, 4) is 0 Å². The van der Waals surface area contributed by atoms with E-state index in [9.17, 15) is 27.9 Å². The molecule has 0 unspecified atom stereocenters. The van der Waals surface area contributed by atoms with Gasteiger partial charge < -0.3 is 15.2 Å². The largest absolute Gasteiger partial charge is 0.550 e. The van der Waals surface area contributed by atoms with Gasteiger partial charge in [-0.2, -0.15) is 24.9 Å². The Balaban J connectivity index is 3.40. The molecule has 0 spiro atoms. The Hall–Kier alpha value is -0.920. The number of thioether (sulfide) groups is 1. The topological polar surface area (TPSA) is 69.2 Å². The van der Waals surface area contributed by atoms with Gasteiger partial charge >= 0.3 is 12.1 Å². The van der Waals surface area contributed by atoms with Crippen molar-refractivity contribution in [2.75, 3.05) is 18.1 Å². The van der Waals surface area contributed by atoms with E-state index in [0.717, 1.165) is 11.8 Å². The highest BCUT2D eigenvalue weighted by Crippen LogP contribution is 2.13. The summed E-state index contributed by atoms with van der Waals surface area (Å²) in [5, 5.41) is 11.6. The molecular formula is C7H9F3NO3S-. The van der Waals surface area contributed by atoms with Crippen molar-refractivity contribution in [2.45, 2.75) is 12.6 Å². The van der Waals surface area contributed by atoms with Gasteiger partial charge in [0.15, 0.2) is 0 Å². The molecule has 0 atom stereocenters. The lowest BCUT2D eigenvalue weighted by atomic mass is 10.5. The first-order chi connectivity index (χ1) is 6.84. The number of alkyl halides is 3. The number of carbonyl (C=O) groups is 2. The molecule has 1 amide bonds. The minimum atomic E-state index is -4.87. The third-order valence-corrected chi connectivity index (χ3v) is 2.23. The molecule has 0 aliphatic carbocycles. The summed E-state index contributed by atoms with van der Waals surface area (Å²) in [6.07, 6.45) is -5.02. The lowest BCUT2D eigenvalue weighted by Gasteiger charge is -2.07. The fourth-order valence-corrected chi connectivity index (χ4v) is 1.36. The first kappa shape index (κ1) is 14.1. The Bertz CT molecular complexity index is 232. The van der Waals surface area contributed by atoms with Crippen LogP contribution in [0.2, 0.25) is 0 Å². The molecule has 0 heterocycles. The van der Waals surface area contributed by atoms with E-state index in [0.29, 0.717) is 0 Å². The van der Waals surface area contributed by atoms with E-state index in [1.165, 1.54) is 0 Å². The predicted octanol–water partition coefficient (Wildman–Crippen LogP) is -0.462. The SMILES string of the molecule is O=C([O-])CCSCCNC(=O)C(F)(F)F. The minimum absolute atomic E-state index is 0.143. The molecule has 0 radical (unpaired) electrons.